The molecule has 0 spiro atoms. The van der Waals surface area contributed by atoms with Crippen LogP contribution in [0.4, 0.5) is 0 Å². The van der Waals surface area contributed by atoms with Crippen LogP contribution in [0.25, 0.3) is 0 Å². The van der Waals surface area contributed by atoms with Crippen LogP contribution in [-0.2, 0) is 4.74 Å². The number of carbonyl (C=O) groups excluding carboxylic acids is 1. The number of hydrogen-bond donors (Lipinski definition) is 1. The molecule has 0 aliphatic carbocycles. The van der Waals surface area contributed by atoms with Gasteiger partial charge in [-0.3, -0.25) is 4.79 Å². The lowest BCUT2D eigenvalue weighted by atomic mass is 10.2. The second-order valence-corrected chi connectivity index (χ2v) is 5.55. The number of amides is 1. The molecule has 1 aromatic heterocycles. The monoisotopic (exact) mass is 257 g/mol. The number of thiol groups is 1. The van der Waals surface area contributed by atoms with E-state index in [0.717, 1.165) is 9.77 Å². The van der Waals surface area contributed by atoms with E-state index in [0.29, 0.717) is 13.2 Å². The fraction of sp³-hybridized carbons (Fsp3) is 0.545. The second kappa shape index (κ2) is 4.77. The Kier molecular flexibility index (Phi) is 3.56. The van der Waals surface area contributed by atoms with Crippen molar-refractivity contribution in [2.75, 3.05) is 13.2 Å². The molecule has 0 radical (unpaired) electrons. The Morgan fingerprint density at radius 1 is 1.62 bits per heavy atom. The molecule has 88 valence electrons. The first kappa shape index (κ1) is 12.0. The fourth-order valence-corrected chi connectivity index (χ4v) is 2.87. The van der Waals surface area contributed by atoms with Gasteiger partial charge in [-0.2, -0.15) is 0 Å². The molecular formula is C11H15NO2S2. The minimum Gasteiger partial charge on any atom is -0.375 e. The van der Waals surface area contributed by atoms with Crippen molar-refractivity contribution in [3.05, 3.63) is 16.3 Å². The highest BCUT2D eigenvalue weighted by molar-refractivity contribution is 7.80. The molecule has 3 nitrogen and oxygen atoms in total. The van der Waals surface area contributed by atoms with Gasteiger partial charge in [-0.05, 0) is 19.9 Å². The van der Waals surface area contributed by atoms with Gasteiger partial charge in [0.15, 0.2) is 0 Å². The number of nitrogens with zero attached hydrogens (tertiary/aromatic N) is 1. The van der Waals surface area contributed by atoms with Crippen LogP contribution in [0.5, 0.6) is 0 Å². The third-order valence-electron chi connectivity index (χ3n) is 2.67. The molecule has 2 unspecified atom stereocenters. The summed E-state index contributed by atoms with van der Waals surface area (Å²) in [6.07, 6.45) is 0.121. The third-order valence-corrected chi connectivity index (χ3v) is 4.02. The number of thiophene rings is 1. The van der Waals surface area contributed by atoms with Crippen LogP contribution in [-0.4, -0.2) is 36.1 Å². The van der Waals surface area contributed by atoms with Crippen LogP contribution in [0.1, 0.15) is 23.5 Å². The lowest BCUT2D eigenvalue weighted by Gasteiger charge is -2.36. The number of rotatable bonds is 1. The smallest absolute Gasteiger partial charge is 0.264 e. The number of carbonyl (C=O) groups is 1. The molecule has 5 heteroatoms. The summed E-state index contributed by atoms with van der Waals surface area (Å²) in [5.41, 5.74) is 0. The predicted octanol–water partition coefficient (Wildman–Crippen LogP) is 2.29. The summed E-state index contributed by atoms with van der Waals surface area (Å²) in [5, 5.41) is 1.88. The summed E-state index contributed by atoms with van der Waals surface area (Å²) in [7, 11) is 0. The Morgan fingerprint density at radius 3 is 3.00 bits per heavy atom. The van der Waals surface area contributed by atoms with Crippen molar-refractivity contribution < 1.29 is 9.53 Å². The molecular weight excluding hydrogens is 242 g/mol. The summed E-state index contributed by atoms with van der Waals surface area (Å²) >= 11 is 5.67. The number of ether oxygens (including phenoxy) is 1. The quantitative estimate of drug-likeness (QED) is 0.782. The molecule has 2 rings (SSSR count). The zero-order valence-electron chi connectivity index (χ0n) is 9.34. The zero-order valence-corrected chi connectivity index (χ0v) is 11.1. The highest BCUT2D eigenvalue weighted by Gasteiger charge is 2.28. The van der Waals surface area contributed by atoms with Crippen LogP contribution in [0.2, 0.25) is 0 Å². The summed E-state index contributed by atoms with van der Waals surface area (Å²) in [6, 6.07) is 1.97. The van der Waals surface area contributed by atoms with Gasteiger partial charge in [-0.1, -0.05) is 0 Å². The maximum atomic E-state index is 12.2. The van der Waals surface area contributed by atoms with E-state index in [1.165, 1.54) is 11.3 Å². The van der Waals surface area contributed by atoms with Gasteiger partial charge in [-0.15, -0.1) is 24.0 Å². The van der Waals surface area contributed by atoms with Crippen molar-refractivity contribution >= 4 is 29.9 Å². The molecule has 1 saturated heterocycles. The van der Waals surface area contributed by atoms with Crippen molar-refractivity contribution in [2.24, 2.45) is 0 Å². The molecule has 16 heavy (non-hydrogen) atoms. The van der Waals surface area contributed by atoms with E-state index >= 15 is 0 Å². The van der Waals surface area contributed by atoms with Gasteiger partial charge in [0.2, 0.25) is 0 Å². The maximum absolute atomic E-state index is 12.2. The lowest BCUT2D eigenvalue weighted by molar-refractivity contribution is -0.0385. The molecule has 0 aromatic carbocycles. The zero-order chi connectivity index (χ0) is 11.7. The van der Waals surface area contributed by atoms with Crippen molar-refractivity contribution in [2.45, 2.75) is 30.9 Å². The molecule has 2 heterocycles. The van der Waals surface area contributed by atoms with Crippen molar-refractivity contribution in [1.82, 2.24) is 4.90 Å². The normalized spacial score (nSPS) is 25.8. The number of morpholine rings is 1. The van der Waals surface area contributed by atoms with Crippen molar-refractivity contribution in [1.29, 1.82) is 0 Å². The van der Waals surface area contributed by atoms with Gasteiger partial charge >= 0.3 is 0 Å². The van der Waals surface area contributed by atoms with E-state index in [-0.39, 0.29) is 18.1 Å². The SMILES string of the molecule is CC1CN(C(=O)c2cc(S)cs2)C(C)CO1. The minimum atomic E-state index is 0.0907. The number of hydrogen-bond acceptors (Lipinski definition) is 4. The van der Waals surface area contributed by atoms with Gasteiger partial charge in [0.25, 0.3) is 5.91 Å². The van der Waals surface area contributed by atoms with Crippen LogP contribution in [0.15, 0.2) is 16.3 Å². The molecule has 1 aliphatic heterocycles. The van der Waals surface area contributed by atoms with Gasteiger partial charge in [0.05, 0.1) is 23.6 Å². The van der Waals surface area contributed by atoms with Crippen LogP contribution < -0.4 is 0 Å². The molecule has 1 aromatic rings. The topological polar surface area (TPSA) is 29.5 Å². The summed E-state index contributed by atoms with van der Waals surface area (Å²) in [6.45, 7) is 5.29. The first-order chi connectivity index (χ1) is 7.58. The van der Waals surface area contributed by atoms with E-state index in [4.69, 9.17) is 4.74 Å². The largest absolute Gasteiger partial charge is 0.375 e. The second-order valence-electron chi connectivity index (χ2n) is 4.12. The molecule has 1 fully saturated rings. The average Bonchev–Trinajstić information content (AvgIpc) is 2.67. The van der Waals surface area contributed by atoms with Crippen molar-refractivity contribution in [3.8, 4) is 0 Å². The first-order valence-electron chi connectivity index (χ1n) is 5.28. The highest BCUT2D eigenvalue weighted by Crippen LogP contribution is 2.22. The maximum Gasteiger partial charge on any atom is 0.264 e. The van der Waals surface area contributed by atoms with Crippen LogP contribution >= 0.6 is 24.0 Å². The Morgan fingerprint density at radius 2 is 2.38 bits per heavy atom. The fourth-order valence-electron chi connectivity index (χ4n) is 1.77. The van der Waals surface area contributed by atoms with Gasteiger partial charge in [0, 0.05) is 16.8 Å². The van der Waals surface area contributed by atoms with Gasteiger partial charge in [-0.25, -0.2) is 0 Å². The van der Waals surface area contributed by atoms with Crippen LogP contribution in [0.3, 0.4) is 0 Å². The van der Waals surface area contributed by atoms with Crippen LogP contribution in [0, 0.1) is 0 Å². The summed E-state index contributed by atoms with van der Waals surface area (Å²) in [5.74, 6) is 0.0907. The Balaban J connectivity index is 2.14. The third kappa shape index (κ3) is 2.42. The van der Waals surface area contributed by atoms with E-state index in [1.54, 1.807) is 0 Å². The molecule has 1 aliphatic rings. The average molecular weight is 257 g/mol. The lowest BCUT2D eigenvalue weighted by Crippen LogP contribution is -2.50. The van der Waals surface area contributed by atoms with E-state index < -0.39 is 0 Å². The van der Waals surface area contributed by atoms with E-state index in [9.17, 15) is 4.79 Å². The Labute approximate surface area is 105 Å². The predicted molar refractivity (Wildman–Crippen MR) is 67.5 cm³/mol. The van der Waals surface area contributed by atoms with Gasteiger partial charge < -0.3 is 9.64 Å². The van der Waals surface area contributed by atoms with E-state index in [2.05, 4.69) is 12.6 Å². The first-order valence-corrected chi connectivity index (χ1v) is 6.60. The molecule has 0 saturated carbocycles. The molecule has 2 atom stereocenters. The molecule has 0 bridgehead atoms. The van der Waals surface area contributed by atoms with Crippen molar-refractivity contribution in [3.63, 3.8) is 0 Å². The Bertz CT molecular complexity index is 391. The summed E-state index contributed by atoms with van der Waals surface area (Å²) in [4.78, 5) is 15.7. The van der Waals surface area contributed by atoms with Gasteiger partial charge in [0.1, 0.15) is 0 Å². The highest BCUT2D eigenvalue weighted by atomic mass is 32.1. The van der Waals surface area contributed by atoms with E-state index in [1.807, 2.05) is 30.2 Å². The molecule has 0 N–H and O–H groups in total. The minimum absolute atomic E-state index is 0.0907. The standard InChI is InChI=1S/C11H15NO2S2/c1-7-5-14-8(2)4-12(7)11(13)10-3-9(15)6-16-10/h3,6-8,15H,4-5H2,1-2H3. The molecule has 1 amide bonds. The Hall–Kier alpha value is -0.520. The summed E-state index contributed by atoms with van der Waals surface area (Å²) < 4.78 is 5.51.